The number of carboxylic acid groups (broad SMARTS) is 1. The zero-order chi connectivity index (χ0) is 19.6. The van der Waals surface area contributed by atoms with Crippen molar-refractivity contribution in [1.29, 1.82) is 0 Å². The Bertz CT molecular complexity index is 836. The number of rotatable bonds is 5. The van der Waals surface area contributed by atoms with E-state index in [-0.39, 0.29) is 6.04 Å². The lowest BCUT2D eigenvalue weighted by Gasteiger charge is -2.40. The summed E-state index contributed by atoms with van der Waals surface area (Å²) in [6.07, 6.45) is 2.56. The normalized spacial score (nSPS) is 18.9. The summed E-state index contributed by atoms with van der Waals surface area (Å²) in [5, 5.41) is 10.5. The van der Waals surface area contributed by atoms with Crippen LogP contribution in [0.4, 0.5) is 0 Å². The van der Waals surface area contributed by atoms with E-state index in [2.05, 4.69) is 36.9 Å². The minimum Gasteiger partial charge on any atom is -0.496 e. The van der Waals surface area contributed by atoms with Crippen LogP contribution in [0.2, 0.25) is 5.02 Å². The molecule has 1 aliphatic rings. The zero-order valence-corrected chi connectivity index (χ0v) is 16.8. The lowest BCUT2D eigenvalue weighted by Crippen LogP contribution is -2.47. The fraction of sp³-hybridized carbons (Fsp3) is 0.409. The van der Waals surface area contributed by atoms with Crippen molar-refractivity contribution in [2.24, 2.45) is 0 Å². The summed E-state index contributed by atoms with van der Waals surface area (Å²) in [6, 6.07) is 11.1. The first-order valence-electron chi connectivity index (χ1n) is 9.31. The molecule has 1 N–H and O–H groups in total. The molecule has 0 aromatic heterocycles. The molecule has 1 heterocycles. The molecule has 144 valence electrons. The zero-order valence-electron chi connectivity index (χ0n) is 16.0. The van der Waals surface area contributed by atoms with Crippen molar-refractivity contribution in [2.45, 2.75) is 45.2 Å². The molecule has 1 saturated heterocycles. The van der Waals surface area contributed by atoms with Crippen molar-refractivity contribution in [3.63, 3.8) is 0 Å². The molecule has 0 bridgehead atoms. The Morgan fingerprint density at radius 3 is 2.67 bits per heavy atom. The van der Waals surface area contributed by atoms with E-state index in [0.717, 1.165) is 47.4 Å². The van der Waals surface area contributed by atoms with Crippen LogP contribution in [-0.2, 0) is 4.79 Å². The van der Waals surface area contributed by atoms with Gasteiger partial charge in [0.1, 0.15) is 11.8 Å². The van der Waals surface area contributed by atoms with E-state index in [0.29, 0.717) is 11.4 Å². The van der Waals surface area contributed by atoms with E-state index in [9.17, 15) is 9.90 Å². The molecule has 0 saturated carbocycles. The Balaban J connectivity index is 2.22. The second kappa shape index (κ2) is 8.32. The SMILES string of the molecule is COc1ccc(Cl)cc1C(c1cc(C)ccc1C)N1CCCCC1C(=O)O. The molecule has 1 fully saturated rings. The number of carboxylic acids is 1. The number of aliphatic carboxylic acids is 1. The van der Waals surface area contributed by atoms with Gasteiger partial charge in [0.15, 0.2) is 0 Å². The molecule has 0 amide bonds. The molecule has 2 aromatic carbocycles. The maximum absolute atomic E-state index is 12.0. The fourth-order valence-electron chi connectivity index (χ4n) is 4.03. The molecule has 2 atom stereocenters. The molecule has 0 spiro atoms. The van der Waals surface area contributed by atoms with E-state index in [1.54, 1.807) is 13.2 Å². The summed E-state index contributed by atoms with van der Waals surface area (Å²) in [6.45, 7) is 4.85. The van der Waals surface area contributed by atoms with E-state index >= 15 is 0 Å². The van der Waals surface area contributed by atoms with Crippen LogP contribution >= 0.6 is 11.6 Å². The van der Waals surface area contributed by atoms with Crippen LogP contribution in [0, 0.1) is 13.8 Å². The minimum atomic E-state index is -0.772. The highest BCUT2D eigenvalue weighted by atomic mass is 35.5. The molecule has 27 heavy (non-hydrogen) atoms. The van der Waals surface area contributed by atoms with Crippen LogP contribution < -0.4 is 4.74 Å². The van der Waals surface area contributed by atoms with Gasteiger partial charge in [0, 0.05) is 10.6 Å². The Kier molecular flexibility index (Phi) is 6.08. The number of benzene rings is 2. The summed E-state index contributed by atoms with van der Waals surface area (Å²) < 4.78 is 5.63. The third-order valence-corrected chi connectivity index (χ3v) is 5.61. The first-order chi connectivity index (χ1) is 12.9. The predicted molar refractivity (Wildman–Crippen MR) is 108 cm³/mol. The Morgan fingerprint density at radius 1 is 1.19 bits per heavy atom. The number of carbonyl (C=O) groups is 1. The van der Waals surface area contributed by atoms with Gasteiger partial charge in [0.25, 0.3) is 0 Å². The number of methoxy groups -OCH3 is 1. The number of likely N-dealkylation sites (tertiary alicyclic amines) is 1. The monoisotopic (exact) mass is 387 g/mol. The maximum atomic E-state index is 12.0. The summed E-state index contributed by atoms with van der Waals surface area (Å²) in [7, 11) is 1.64. The number of piperidine rings is 1. The van der Waals surface area contributed by atoms with Crippen molar-refractivity contribution in [1.82, 2.24) is 4.90 Å². The van der Waals surface area contributed by atoms with Gasteiger partial charge >= 0.3 is 5.97 Å². The highest BCUT2D eigenvalue weighted by Crippen LogP contribution is 2.40. The molecule has 2 unspecified atom stereocenters. The molecular weight excluding hydrogens is 362 g/mol. The average Bonchev–Trinajstić information content (AvgIpc) is 2.65. The highest BCUT2D eigenvalue weighted by Gasteiger charge is 2.37. The van der Waals surface area contributed by atoms with Crippen LogP contribution in [0.3, 0.4) is 0 Å². The lowest BCUT2D eigenvalue weighted by molar-refractivity contribution is -0.145. The van der Waals surface area contributed by atoms with E-state index in [1.807, 2.05) is 12.1 Å². The molecular formula is C22H26ClNO3. The van der Waals surface area contributed by atoms with Crippen molar-refractivity contribution in [3.8, 4) is 5.75 Å². The third-order valence-electron chi connectivity index (χ3n) is 5.38. The van der Waals surface area contributed by atoms with Gasteiger partial charge in [0.2, 0.25) is 0 Å². The number of ether oxygens (including phenoxy) is 1. The Hall–Kier alpha value is -2.04. The van der Waals surface area contributed by atoms with Crippen LogP contribution in [0.15, 0.2) is 36.4 Å². The summed E-state index contributed by atoms with van der Waals surface area (Å²) in [5.74, 6) is -0.0500. The molecule has 4 nitrogen and oxygen atoms in total. The van der Waals surface area contributed by atoms with Gasteiger partial charge < -0.3 is 9.84 Å². The van der Waals surface area contributed by atoms with Gasteiger partial charge in [0.05, 0.1) is 13.2 Å². The Labute approximate surface area is 165 Å². The van der Waals surface area contributed by atoms with Gasteiger partial charge in [-0.3, -0.25) is 9.69 Å². The Morgan fingerprint density at radius 2 is 1.96 bits per heavy atom. The summed E-state index contributed by atoms with van der Waals surface area (Å²) in [4.78, 5) is 14.1. The highest BCUT2D eigenvalue weighted by molar-refractivity contribution is 6.30. The van der Waals surface area contributed by atoms with Crippen molar-refractivity contribution < 1.29 is 14.6 Å². The number of halogens is 1. The minimum absolute atomic E-state index is 0.222. The van der Waals surface area contributed by atoms with Crippen molar-refractivity contribution in [3.05, 3.63) is 63.7 Å². The van der Waals surface area contributed by atoms with Crippen LogP contribution in [0.5, 0.6) is 5.75 Å². The quantitative estimate of drug-likeness (QED) is 0.784. The molecule has 5 heteroatoms. The first-order valence-corrected chi connectivity index (χ1v) is 9.69. The average molecular weight is 388 g/mol. The number of hydrogen-bond donors (Lipinski definition) is 1. The van der Waals surface area contributed by atoms with E-state index in [1.165, 1.54) is 0 Å². The van der Waals surface area contributed by atoms with Crippen molar-refractivity contribution in [2.75, 3.05) is 13.7 Å². The number of nitrogens with zero attached hydrogens (tertiary/aromatic N) is 1. The molecule has 1 aliphatic heterocycles. The van der Waals surface area contributed by atoms with Gasteiger partial charge in [-0.2, -0.15) is 0 Å². The van der Waals surface area contributed by atoms with Gasteiger partial charge in [-0.15, -0.1) is 0 Å². The predicted octanol–water partition coefficient (Wildman–Crippen LogP) is 4.99. The molecule has 3 rings (SSSR count). The lowest BCUT2D eigenvalue weighted by atomic mass is 9.88. The van der Waals surface area contributed by atoms with E-state index in [4.69, 9.17) is 16.3 Å². The van der Waals surface area contributed by atoms with Crippen LogP contribution in [0.25, 0.3) is 0 Å². The second-order valence-corrected chi connectivity index (χ2v) is 7.67. The standard InChI is InChI=1S/C22H26ClNO3/c1-14-7-8-15(2)17(12-14)21(18-13-16(23)9-10-20(18)27-3)24-11-5-4-6-19(24)22(25)26/h7-10,12-13,19,21H,4-6,11H2,1-3H3,(H,25,26). The first kappa shape index (κ1) is 19.7. The molecule has 0 aliphatic carbocycles. The largest absolute Gasteiger partial charge is 0.496 e. The summed E-state index contributed by atoms with van der Waals surface area (Å²) >= 11 is 6.32. The molecule has 0 radical (unpaired) electrons. The van der Waals surface area contributed by atoms with Gasteiger partial charge in [-0.05, 0) is 62.6 Å². The topological polar surface area (TPSA) is 49.8 Å². The third kappa shape index (κ3) is 4.12. The van der Waals surface area contributed by atoms with Gasteiger partial charge in [-0.1, -0.05) is 41.8 Å². The fourth-order valence-corrected chi connectivity index (χ4v) is 4.21. The van der Waals surface area contributed by atoms with Crippen LogP contribution in [0.1, 0.15) is 47.6 Å². The maximum Gasteiger partial charge on any atom is 0.320 e. The number of hydrogen-bond acceptors (Lipinski definition) is 3. The van der Waals surface area contributed by atoms with E-state index < -0.39 is 12.0 Å². The van der Waals surface area contributed by atoms with Crippen molar-refractivity contribution >= 4 is 17.6 Å². The smallest absolute Gasteiger partial charge is 0.320 e. The van der Waals surface area contributed by atoms with Gasteiger partial charge in [-0.25, -0.2) is 0 Å². The molecule has 2 aromatic rings. The summed E-state index contributed by atoms with van der Waals surface area (Å²) in [5.41, 5.74) is 4.28. The van der Waals surface area contributed by atoms with Crippen LogP contribution in [-0.4, -0.2) is 35.7 Å². The number of aryl methyl sites for hydroxylation is 2. The second-order valence-electron chi connectivity index (χ2n) is 7.24.